The van der Waals surface area contributed by atoms with Gasteiger partial charge in [0.15, 0.2) is 0 Å². The summed E-state index contributed by atoms with van der Waals surface area (Å²) in [5.41, 5.74) is 1.33. The van der Waals surface area contributed by atoms with Gasteiger partial charge in [-0.1, -0.05) is 23.7 Å². The Balaban J connectivity index is 1.95. The second-order valence-corrected chi connectivity index (χ2v) is 5.90. The average Bonchev–Trinajstić information content (AvgIpc) is 2.75. The first-order chi connectivity index (χ1) is 8.58. The number of nitrogens with one attached hydrogen (secondary N) is 1. The van der Waals surface area contributed by atoms with Crippen LogP contribution in [0.25, 0.3) is 0 Å². The molecule has 18 heavy (non-hydrogen) atoms. The minimum absolute atomic E-state index is 0.440. The van der Waals surface area contributed by atoms with Crippen molar-refractivity contribution in [3.8, 4) is 0 Å². The van der Waals surface area contributed by atoms with Gasteiger partial charge in [0.25, 0.3) is 0 Å². The maximum atomic E-state index is 5.93. The molecule has 1 aromatic carbocycles. The summed E-state index contributed by atoms with van der Waals surface area (Å²) in [4.78, 5) is 2.44. The normalized spacial score (nSPS) is 25.6. The van der Waals surface area contributed by atoms with E-state index in [-0.39, 0.29) is 0 Å². The van der Waals surface area contributed by atoms with Crippen molar-refractivity contribution in [2.75, 3.05) is 20.1 Å². The highest BCUT2D eigenvalue weighted by atomic mass is 35.5. The van der Waals surface area contributed by atoms with Gasteiger partial charge in [-0.3, -0.25) is 4.90 Å². The first-order valence-corrected chi connectivity index (χ1v) is 7.15. The zero-order valence-electron chi connectivity index (χ0n) is 11.5. The summed E-state index contributed by atoms with van der Waals surface area (Å²) in [6.45, 7) is 6.86. The molecular weight excluding hydrogens is 244 g/mol. The predicted octanol–water partition coefficient (Wildman–Crippen LogP) is 3.33. The predicted molar refractivity (Wildman–Crippen MR) is 78.1 cm³/mol. The average molecular weight is 267 g/mol. The van der Waals surface area contributed by atoms with Gasteiger partial charge in [0, 0.05) is 23.7 Å². The summed E-state index contributed by atoms with van der Waals surface area (Å²) < 4.78 is 0. The molecule has 3 unspecified atom stereocenters. The lowest BCUT2D eigenvalue weighted by Crippen LogP contribution is -2.33. The monoisotopic (exact) mass is 266 g/mol. The Hall–Kier alpha value is -0.570. The van der Waals surface area contributed by atoms with Crippen LogP contribution in [0.4, 0.5) is 0 Å². The fourth-order valence-corrected chi connectivity index (χ4v) is 2.81. The van der Waals surface area contributed by atoms with E-state index in [1.807, 2.05) is 12.1 Å². The van der Waals surface area contributed by atoms with Crippen LogP contribution < -0.4 is 5.32 Å². The zero-order chi connectivity index (χ0) is 13.1. The van der Waals surface area contributed by atoms with E-state index < -0.39 is 0 Å². The van der Waals surface area contributed by atoms with E-state index in [4.69, 9.17) is 11.6 Å². The fraction of sp³-hybridized carbons (Fsp3) is 0.600. The van der Waals surface area contributed by atoms with E-state index in [0.717, 1.165) is 24.0 Å². The van der Waals surface area contributed by atoms with E-state index in [1.165, 1.54) is 12.0 Å². The molecular formula is C15H23ClN2. The van der Waals surface area contributed by atoms with Crippen LogP contribution in [0.15, 0.2) is 24.3 Å². The number of nitrogens with zero attached hydrogens (tertiary/aromatic N) is 1. The van der Waals surface area contributed by atoms with Gasteiger partial charge < -0.3 is 5.32 Å². The Morgan fingerprint density at radius 2 is 2.06 bits per heavy atom. The molecule has 0 saturated carbocycles. The van der Waals surface area contributed by atoms with Crippen molar-refractivity contribution in [3.05, 3.63) is 34.9 Å². The Bertz CT molecular complexity index is 377. The number of rotatable bonds is 4. The van der Waals surface area contributed by atoms with Gasteiger partial charge >= 0.3 is 0 Å². The molecule has 2 nitrogen and oxygen atoms in total. The minimum atomic E-state index is 0.440. The second-order valence-electron chi connectivity index (χ2n) is 5.46. The number of hydrogen-bond acceptors (Lipinski definition) is 2. The molecule has 0 aliphatic carbocycles. The minimum Gasteiger partial charge on any atom is -0.314 e. The van der Waals surface area contributed by atoms with Crippen molar-refractivity contribution < 1.29 is 0 Å². The molecule has 1 fully saturated rings. The van der Waals surface area contributed by atoms with Gasteiger partial charge in [0.05, 0.1) is 0 Å². The Morgan fingerprint density at radius 1 is 1.39 bits per heavy atom. The quantitative estimate of drug-likeness (QED) is 0.899. The summed E-state index contributed by atoms with van der Waals surface area (Å²) in [6.07, 6.45) is 1.29. The van der Waals surface area contributed by atoms with Crippen LogP contribution >= 0.6 is 11.6 Å². The van der Waals surface area contributed by atoms with Crippen LogP contribution in [0.5, 0.6) is 0 Å². The van der Waals surface area contributed by atoms with Gasteiger partial charge in [-0.05, 0) is 57.5 Å². The second kappa shape index (κ2) is 6.05. The smallest absolute Gasteiger partial charge is 0.0406 e. The Morgan fingerprint density at radius 3 is 2.61 bits per heavy atom. The van der Waals surface area contributed by atoms with E-state index in [9.17, 15) is 0 Å². The first kappa shape index (κ1) is 13.9. The Labute approximate surface area is 115 Å². The van der Waals surface area contributed by atoms with Crippen LogP contribution in [-0.4, -0.2) is 31.1 Å². The molecule has 1 heterocycles. The zero-order valence-corrected chi connectivity index (χ0v) is 12.2. The molecule has 1 aromatic rings. The summed E-state index contributed by atoms with van der Waals surface area (Å²) in [5, 5.41) is 4.32. The summed E-state index contributed by atoms with van der Waals surface area (Å²) in [7, 11) is 2.21. The summed E-state index contributed by atoms with van der Waals surface area (Å²) in [5.74, 6) is 0.768. The van der Waals surface area contributed by atoms with Gasteiger partial charge in [-0.2, -0.15) is 0 Å². The van der Waals surface area contributed by atoms with Crippen LogP contribution in [0.1, 0.15) is 31.9 Å². The lowest BCUT2D eigenvalue weighted by atomic mass is 9.99. The highest BCUT2D eigenvalue weighted by Crippen LogP contribution is 2.24. The maximum absolute atomic E-state index is 5.93. The van der Waals surface area contributed by atoms with Crippen LogP contribution in [0.3, 0.4) is 0 Å². The van der Waals surface area contributed by atoms with Crippen LogP contribution in [0, 0.1) is 5.92 Å². The van der Waals surface area contributed by atoms with Crippen LogP contribution in [-0.2, 0) is 0 Å². The molecule has 3 heteroatoms. The molecule has 1 aliphatic heterocycles. The van der Waals surface area contributed by atoms with Crippen molar-refractivity contribution in [1.82, 2.24) is 10.2 Å². The summed E-state index contributed by atoms with van der Waals surface area (Å²) in [6, 6.07) is 9.28. The molecule has 1 saturated heterocycles. The highest BCUT2D eigenvalue weighted by Gasteiger charge is 2.25. The van der Waals surface area contributed by atoms with Gasteiger partial charge in [0.1, 0.15) is 0 Å². The number of halogens is 1. The van der Waals surface area contributed by atoms with E-state index in [0.29, 0.717) is 12.1 Å². The highest BCUT2D eigenvalue weighted by molar-refractivity contribution is 6.30. The van der Waals surface area contributed by atoms with E-state index >= 15 is 0 Å². The van der Waals surface area contributed by atoms with Crippen LogP contribution in [0.2, 0.25) is 5.02 Å². The molecule has 0 radical (unpaired) electrons. The third-order valence-corrected chi connectivity index (χ3v) is 4.48. The molecule has 0 spiro atoms. The lowest BCUT2D eigenvalue weighted by Gasteiger charge is -2.29. The molecule has 100 valence electrons. The molecule has 0 bridgehead atoms. The molecule has 2 rings (SSSR count). The van der Waals surface area contributed by atoms with Crippen molar-refractivity contribution in [1.29, 1.82) is 0 Å². The fourth-order valence-electron chi connectivity index (χ4n) is 2.69. The van der Waals surface area contributed by atoms with Gasteiger partial charge in [-0.15, -0.1) is 0 Å². The molecule has 1 N–H and O–H groups in total. The largest absolute Gasteiger partial charge is 0.314 e. The van der Waals surface area contributed by atoms with Crippen molar-refractivity contribution in [3.63, 3.8) is 0 Å². The molecule has 1 aliphatic rings. The standard InChI is InChI=1S/C15H23ClN2/c1-11-14(8-9-17-11)10-18(3)12(2)13-4-6-15(16)7-5-13/h4-7,11-12,14,17H,8-10H2,1-3H3. The number of benzene rings is 1. The number of hydrogen-bond donors (Lipinski definition) is 1. The third-order valence-electron chi connectivity index (χ3n) is 4.22. The molecule has 3 atom stereocenters. The van der Waals surface area contributed by atoms with Gasteiger partial charge in [0.2, 0.25) is 0 Å². The van der Waals surface area contributed by atoms with Crippen molar-refractivity contribution in [2.24, 2.45) is 5.92 Å². The topological polar surface area (TPSA) is 15.3 Å². The van der Waals surface area contributed by atoms with E-state index in [1.54, 1.807) is 0 Å². The van der Waals surface area contributed by atoms with E-state index in [2.05, 4.69) is 43.2 Å². The Kier molecular flexibility index (Phi) is 4.66. The molecule has 0 amide bonds. The van der Waals surface area contributed by atoms with Crippen molar-refractivity contribution >= 4 is 11.6 Å². The maximum Gasteiger partial charge on any atom is 0.0406 e. The molecule has 0 aromatic heterocycles. The first-order valence-electron chi connectivity index (χ1n) is 6.77. The lowest BCUT2D eigenvalue weighted by molar-refractivity contribution is 0.213. The SMILES string of the molecule is CC1NCCC1CN(C)C(C)c1ccc(Cl)cc1. The van der Waals surface area contributed by atoms with Gasteiger partial charge in [-0.25, -0.2) is 0 Å². The van der Waals surface area contributed by atoms with Crippen molar-refractivity contribution in [2.45, 2.75) is 32.4 Å². The summed E-state index contributed by atoms with van der Waals surface area (Å²) >= 11 is 5.93. The third kappa shape index (κ3) is 3.25.